The summed E-state index contributed by atoms with van der Waals surface area (Å²) >= 11 is 0. The second-order valence-electron chi connectivity index (χ2n) is 4.39. The van der Waals surface area contributed by atoms with Crippen LogP contribution in [0.15, 0.2) is 54.6 Å². The number of rotatable bonds is 5. The Labute approximate surface area is 126 Å². The van der Waals surface area contributed by atoms with E-state index in [4.69, 9.17) is 15.7 Å². The highest BCUT2D eigenvalue weighted by Crippen LogP contribution is 2.23. The molecule has 0 atom stereocenters. The van der Waals surface area contributed by atoms with E-state index in [1.807, 2.05) is 30.3 Å². The largest absolute Gasteiger partial charge is 0.457 e. The van der Waals surface area contributed by atoms with E-state index in [2.05, 4.69) is 5.32 Å². The molecule has 0 bridgehead atoms. The number of hydrogen-bond acceptors (Lipinski definition) is 4. The molecule has 2 aromatic rings. The Morgan fingerprint density at radius 1 is 1.09 bits per heavy atom. The number of carbonyl (C=O) groups excluding carboxylic acids is 2. The number of amides is 3. The number of hydrogen-bond donors (Lipinski definition) is 3. The van der Waals surface area contributed by atoms with Crippen molar-refractivity contribution in [3.8, 4) is 11.5 Å². The van der Waals surface area contributed by atoms with E-state index in [-0.39, 0.29) is 5.06 Å². The summed E-state index contributed by atoms with van der Waals surface area (Å²) < 4.78 is 5.63. The lowest BCUT2D eigenvalue weighted by molar-refractivity contribution is -0.124. The summed E-state index contributed by atoms with van der Waals surface area (Å²) in [6.45, 7) is -0.556. The second kappa shape index (κ2) is 7.09. The molecular formula is C15H15N3O4. The molecule has 7 heteroatoms. The molecule has 7 nitrogen and oxygen atoms in total. The third-order valence-corrected chi connectivity index (χ3v) is 2.64. The van der Waals surface area contributed by atoms with E-state index in [1.54, 1.807) is 24.3 Å². The Kier molecular flexibility index (Phi) is 4.94. The molecule has 0 aromatic heterocycles. The highest BCUT2D eigenvalue weighted by Gasteiger charge is 2.12. The fourth-order valence-corrected chi connectivity index (χ4v) is 1.68. The van der Waals surface area contributed by atoms with Gasteiger partial charge in [0.1, 0.15) is 18.0 Å². The number of nitrogens with zero attached hydrogens (tertiary/aromatic N) is 1. The SMILES string of the molecule is NC(=O)N(O)CC(=O)Nc1cccc(Oc2ccccc2)c1. The predicted molar refractivity (Wildman–Crippen MR) is 79.7 cm³/mol. The molecule has 0 radical (unpaired) electrons. The zero-order valence-electron chi connectivity index (χ0n) is 11.6. The van der Waals surface area contributed by atoms with Gasteiger partial charge in [-0.2, -0.15) is 5.06 Å². The van der Waals surface area contributed by atoms with Crippen LogP contribution in [0, 0.1) is 0 Å². The first-order chi connectivity index (χ1) is 10.5. The van der Waals surface area contributed by atoms with Crippen molar-refractivity contribution in [1.29, 1.82) is 0 Å². The average molecular weight is 301 g/mol. The quantitative estimate of drug-likeness (QED) is 0.581. The molecule has 0 spiro atoms. The van der Waals surface area contributed by atoms with Gasteiger partial charge >= 0.3 is 6.03 Å². The molecule has 0 aliphatic rings. The van der Waals surface area contributed by atoms with Crippen LogP contribution in [0.25, 0.3) is 0 Å². The maximum absolute atomic E-state index is 11.6. The van der Waals surface area contributed by atoms with Gasteiger partial charge in [-0.25, -0.2) is 4.79 Å². The van der Waals surface area contributed by atoms with E-state index < -0.39 is 18.5 Å². The first-order valence-electron chi connectivity index (χ1n) is 6.43. The van der Waals surface area contributed by atoms with Gasteiger partial charge < -0.3 is 15.8 Å². The van der Waals surface area contributed by atoms with Crippen LogP contribution in [0.3, 0.4) is 0 Å². The highest BCUT2D eigenvalue weighted by molar-refractivity contribution is 5.94. The number of hydroxylamine groups is 2. The van der Waals surface area contributed by atoms with E-state index in [1.165, 1.54) is 0 Å². The van der Waals surface area contributed by atoms with Crippen molar-refractivity contribution in [2.24, 2.45) is 5.73 Å². The van der Waals surface area contributed by atoms with Gasteiger partial charge in [0.05, 0.1) is 0 Å². The predicted octanol–water partition coefficient (Wildman–Crippen LogP) is 2.19. The lowest BCUT2D eigenvalue weighted by Gasteiger charge is -2.12. The van der Waals surface area contributed by atoms with Crippen molar-refractivity contribution >= 4 is 17.6 Å². The van der Waals surface area contributed by atoms with Crippen LogP contribution in [0.1, 0.15) is 0 Å². The molecule has 114 valence electrons. The summed E-state index contributed by atoms with van der Waals surface area (Å²) in [7, 11) is 0. The third-order valence-electron chi connectivity index (χ3n) is 2.64. The molecule has 2 aromatic carbocycles. The Bertz CT molecular complexity index is 661. The molecule has 4 N–H and O–H groups in total. The summed E-state index contributed by atoms with van der Waals surface area (Å²) in [5, 5.41) is 11.7. The number of anilines is 1. The van der Waals surface area contributed by atoms with Gasteiger partial charge in [0, 0.05) is 11.8 Å². The van der Waals surface area contributed by atoms with E-state index in [0.717, 1.165) is 0 Å². The first-order valence-corrected chi connectivity index (χ1v) is 6.43. The molecule has 0 unspecified atom stereocenters. The third kappa shape index (κ3) is 4.50. The molecule has 0 heterocycles. The lowest BCUT2D eigenvalue weighted by atomic mass is 10.3. The Morgan fingerprint density at radius 3 is 2.45 bits per heavy atom. The summed E-state index contributed by atoms with van der Waals surface area (Å²) in [5.74, 6) is 0.624. The number of urea groups is 1. The minimum absolute atomic E-state index is 0.125. The van der Waals surface area contributed by atoms with E-state index in [0.29, 0.717) is 17.2 Å². The lowest BCUT2D eigenvalue weighted by Crippen LogP contribution is -2.38. The molecule has 2 rings (SSSR count). The molecule has 0 saturated carbocycles. The topological polar surface area (TPSA) is 105 Å². The molecule has 0 aliphatic heterocycles. The maximum Gasteiger partial charge on any atom is 0.339 e. The van der Waals surface area contributed by atoms with Crippen LogP contribution in [0.2, 0.25) is 0 Å². The van der Waals surface area contributed by atoms with Crippen molar-refractivity contribution in [2.75, 3.05) is 11.9 Å². The standard InChI is InChI=1S/C15H15N3O4/c16-15(20)18(21)10-14(19)17-11-5-4-8-13(9-11)22-12-6-2-1-3-7-12/h1-9,21H,10H2,(H2,16,20)(H,17,19). The minimum atomic E-state index is -1.10. The Balaban J connectivity index is 1.99. The van der Waals surface area contributed by atoms with Gasteiger partial charge in [-0.3, -0.25) is 10.0 Å². The van der Waals surface area contributed by atoms with E-state index >= 15 is 0 Å². The number of nitrogens with two attached hydrogens (primary N) is 1. The minimum Gasteiger partial charge on any atom is -0.457 e. The summed E-state index contributed by atoms with van der Waals surface area (Å²) in [6.07, 6.45) is 0. The fourth-order valence-electron chi connectivity index (χ4n) is 1.68. The molecular weight excluding hydrogens is 286 g/mol. The summed E-state index contributed by atoms with van der Waals surface area (Å²) in [5.41, 5.74) is 5.29. The number of para-hydroxylation sites is 1. The van der Waals surface area contributed by atoms with Crippen LogP contribution < -0.4 is 15.8 Å². The van der Waals surface area contributed by atoms with Crippen LogP contribution in [0.5, 0.6) is 11.5 Å². The van der Waals surface area contributed by atoms with Crippen LogP contribution >= 0.6 is 0 Å². The normalized spacial score (nSPS) is 9.86. The molecule has 3 amide bonds. The molecule has 0 aliphatic carbocycles. The van der Waals surface area contributed by atoms with Gasteiger partial charge in [0.15, 0.2) is 0 Å². The number of primary amides is 1. The van der Waals surface area contributed by atoms with Crippen molar-refractivity contribution in [1.82, 2.24) is 5.06 Å². The Hall–Kier alpha value is -3.06. The van der Waals surface area contributed by atoms with Crippen molar-refractivity contribution < 1.29 is 19.5 Å². The van der Waals surface area contributed by atoms with Crippen LogP contribution in [0.4, 0.5) is 10.5 Å². The van der Waals surface area contributed by atoms with Gasteiger partial charge in [0.25, 0.3) is 0 Å². The van der Waals surface area contributed by atoms with Crippen molar-refractivity contribution in [3.05, 3.63) is 54.6 Å². The van der Waals surface area contributed by atoms with E-state index in [9.17, 15) is 9.59 Å². The number of nitrogens with one attached hydrogen (secondary N) is 1. The average Bonchev–Trinajstić information content (AvgIpc) is 2.48. The molecule has 22 heavy (non-hydrogen) atoms. The summed E-state index contributed by atoms with van der Waals surface area (Å²) in [6, 6.07) is 14.8. The zero-order chi connectivity index (χ0) is 15.9. The van der Waals surface area contributed by atoms with Crippen LogP contribution in [-0.2, 0) is 4.79 Å². The summed E-state index contributed by atoms with van der Waals surface area (Å²) in [4.78, 5) is 22.3. The van der Waals surface area contributed by atoms with Gasteiger partial charge in [-0.05, 0) is 24.3 Å². The van der Waals surface area contributed by atoms with Gasteiger partial charge in [-0.1, -0.05) is 24.3 Å². The van der Waals surface area contributed by atoms with Crippen molar-refractivity contribution in [3.63, 3.8) is 0 Å². The number of carbonyl (C=O) groups is 2. The molecule has 0 fully saturated rings. The second-order valence-corrected chi connectivity index (χ2v) is 4.39. The maximum atomic E-state index is 11.6. The highest BCUT2D eigenvalue weighted by atomic mass is 16.5. The first kappa shape index (κ1) is 15.3. The van der Waals surface area contributed by atoms with Gasteiger partial charge in [0.2, 0.25) is 5.91 Å². The van der Waals surface area contributed by atoms with Crippen molar-refractivity contribution in [2.45, 2.75) is 0 Å². The monoisotopic (exact) mass is 301 g/mol. The smallest absolute Gasteiger partial charge is 0.339 e. The fraction of sp³-hybridized carbons (Fsp3) is 0.0667. The molecule has 0 saturated heterocycles. The number of benzene rings is 2. The number of ether oxygens (including phenoxy) is 1. The van der Waals surface area contributed by atoms with Crippen LogP contribution in [-0.4, -0.2) is 28.8 Å². The van der Waals surface area contributed by atoms with Gasteiger partial charge in [-0.15, -0.1) is 0 Å². The zero-order valence-corrected chi connectivity index (χ0v) is 11.6. The Morgan fingerprint density at radius 2 is 1.77 bits per heavy atom.